The van der Waals surface area contributed by atoms with E-state index in [1.807, 2.05) is 16.0 Å². The number of thiophene rings is 1. The molecule has 0 aliphatic heterocycles. The van der Waals surface area contributed by atoms with E-state index in [0.717, 1.165) is 18.8 Å². The van der Waals surface area contributed by atoms with Crippen LogP contribution in [0, 0.1) is 13.8 Å². The molecule has 0 saturated carbocycles. The number of nitrogens with zero attached hydrogens (tertiary/aromatic N) is 4. The Bertz CT molecular complexity index is 531. The Labute approximate surface area is 118 Å². The van der Waals surface area contributed by atoms with Crippen LogP contribution in [0.3, 0.4) is 0 Å². The number of hydrogen-bond donors (Lipinski definition) is 1. The SMILES string of the molecule is CCCNCc1nnnn1C(C)c1cc(C)sc1C. The number of rotatable bonds is 6. The molecule has 1 atom stereocenters. The van der Waals surface area contributed by atoms with Gasteiger partial charge in [-0.25, -0.2) is 4.68 Å². The highest BCUT2D eigenvalue weighted by molar-refractivity contribution is 7.12. The fraction of sp³-hybridized carbons (Fsp3) is 0.615. The van der Waals surface area contributed by atoms with Gasteiger partial charge in [0.05, 0.1) is 12.6 Å². The van der Waals surface area contributed by atoms with E-state index in [1.54, 1.807) is 0 Å². The average molecular weight is 279 g/mol. The lowest BCUT2D eigenvalue weighted by Crippen LogP contribution is -2.20. The normalized spacial score (nSPS) is 12.8. The molecule has 2 heterocycles. The monoisotopic (exact) mass is 279 g/mol. The molecule has 2 aromatic rings. The van der Waals surface area contributed by atoms with Crippen LogP contribution in [0.1, 0.15) is 47.5 Å². The van der Waals surface area contributed by atoms with E-state index in [1.165, 1.54) is 15.3 Å². The topological polar surface area (TPSA) is 55.6 Å². The maximum absolute atomic E-state index is 4.14. The minimum Gasteiger partial charge on any atom is -0.310 e. The molecule has 2 rings (SSSR count). The zero-order valence-electron chi connectivity index (χ0n) is 12.0. The van der Waals surface area contributed by atoms with E-state index >= 15 is 0 Å². The van der Waals surface area contributed by atoms with Crippen LogP contribution in [0.25, 0.3) is 0 Å². The Hall–Kier alpha value is -1.27. The standard InChI is InChI=1S/C13H21N5S/c1-5-6-14-8-13-15-16-17-18(13)10(3)12-7-9(2)19-11(12)4/h7,10,14H,5-6,8H2,1-4H3. The summed E-state index contributed by atoms with van der Waals surface area (Å²) in [5.41, 5.74) is 1.31. The second kappa shape index (κ2) is 6.25. The van der Waals surface area contributed by atoms with Crippen LogP contribution >= 0.6 is 11.3 Å². The van der Waals surface area contributed by atoms with Gasteiger partial charge in [0.15, 0.2) is 5.82 Å². The van der Waals surface area contributed by atoms with Crippen molar-refractivity contribution in [1.29, 1.82) is 0 Å². The molecule has 0 radical (unpaired) electrons. The summed E-state index contributed by atoms with van der Waals surface area (Å²) in [5.74, 6) is 0.893. The van der Waals surface area contributed by atoms with Gasteiger partial charge >= 0.3 is 0 Å². The molecular formula is C13H21N5S. The summed E-state index contributed by atoms with van der Waals surface area (Å²) in [4.78, 5) is 2.67. The van der Waals surface area contributed by atoms with Crippen molar-refractivity contribution >= 4 is 11.3 Å². The molecule has 6 heteroatoms. The fourth-order valence-corrected chi connectivity index (χ4v) is 3.22. The van der Waals surface area contributed by atoms with E-state index in [4.69, 9.17) is 0 Å². The minimum atomic E-state index is 0.179. The van der Waals surface area contributed by atoms with Gasteiger partial charge in [-0.2, -0.15) is 0 Å². The molecule has 0 aliphatic rings. The zero-order valence-corrected chi connectivity index (χ0v) is 12.8. The van der Waals surface area contributed by atoms with Crippen LogP contribution in [0.5, 0.6) is 0 Å². The average Bonchev–Trinajstić information content (AvgIpc) is 2.95. The summed E-state index contributed by atoms with van der Waals surface area (Å²) in [6, 6.07) is 2.41. The van der Waals surface area contributed by atoms with E-state index < -0.39 is 0 Å². The Kier molecular flexibility index (Phi) is 4.66. The van der Waals surface area contributed by atoms with Gasteiger partial charge in [-0.15, -0.1) is 16.4 Å². The van der Waals surface area contributed by atoms with E-state index in [9.17, 15) is 0 Å². The molecule has 1 N–H and O–H groups in total. The Morgan fingerprint density at radius 2 is 2.21 bits per heavy atom. The molecular weight excluding hydrogens is 258 g/mol. The lowest BCUT2D eigenvalue weighted by atomic mass is 10.1. The molecule has 0 aliphatic carbocycles. The Morgan fingerprint density at radius 3 is 2.84 bits per heavy atom. The summed E-state index contributed by atoms with van der Waals surface area (Å²) in [7, 11) is 0. The van der Waals surface area contributed by atoms with Crippen LogP contribution in [-0.2, 0) is 6.54 Å². The molecule has 0 spiro atoms. The molecule has 5 nitrogen and oxygen atoms in total. The second-order valence-corrected chi connectivity index (χ2v) is 6.22. The maximum atomic E-state index is 4.14. The van der Waals surface area contributed by atoms with Crippen molar-refractivity contribution in [3.63, 3.8) is 0 Å². The fourth-order valence-electron chi connectivity index (χ4n) is 2.20. The Morgan fingerprint density at radius 1 is 1.42 bits per heavy atom. The lowest BCUT2D eigenvalue weighted by Gasteiger charge is -2.13. The summed E-state index contributed by atoms with van der Waals surface area (Å²) in [6.45, 7) is 10.3. The molecule has 104 valence electrons. The van der Waals surface area contributed by atoms with Crippen molar-refractivity contribution in [2.24, 2.45) is 0 Å². The number of aryl methyl sites for hydroxylation is 2. The zero-order chi connectivity index (χ0) is 13.8. The van der Waals surface area contributed by atoms with E-state index in [0.29, 0.717) is 6.54 Å². The number of nitrogens with one attached hydrogen (secondary N) is 1. The largest absolute Gasteiger partial charge is 0.310 e. The second-order valence-electron chi connectivity index (χ2n) is 4.76. The van der Waals surface area contributed by atoms with Crippen LogP contribution in [-0.4, -0.2) is 26.8 Å². The van der Waals surface area contributed by atoms with Gasteiger partial charge in [0.2, 0.25) is 0 Å². The summed E-state index contributed by atoms with van der Waals surface area (Å²) >= 11 is 1.82. The summed E-state index contributed by atoms with van der Waals surface area (Å²) in [5, 5.41) is 15.4. The summed E-state index contributed by atoms with van der Waals surface area (Å²) < 4.78 is 1.91. The van der Waals surface area contributed by atoms with Crippen molar-refractivity contribution in [3.8, 4) is 0 Å². The van der Waals surface area contributed by atoms with Gasteiger partial charge in [0.1, 0.15) is 0 Å². The molecule has 0 bridgehead atoms. The number of tetrazole rings is 1. The van der Waals surface area contributed by atoms with E-state index in [2.05, 4.69) is 54.6 Å². The molecule has 0 saturated heterocycles. The highest BCUT2D eigenvalue weighted by Gasteiger charge is 2.17. The van der Waals surface area contributed by atoms with Gasteiger partial charge in [-0.05, 0) is 55.8 Å². The molecule has 19 heavy (non-hydrogen) atoms. The maximum Gasteiger partial charge on any atom is 0.165 e. The van der Waals surface area contributed by atoms with Gasteiger partial charge < -0.3 is 5.32 Å². The highest BCUT2D eigenvalue weighted by atomic mass is 32.1. The third-order valence-corrected chi connectivity index (χ3v) is 4.15. The first kappa shape index (κ1) is 14.1. The van der Waals surface area contributed by atoms with Crippen molar-refractivity contribution in [2.45, 2.75) is 46.7 Å². The molecule has 2 aromatic heterocycles. The van der Waals surface area contributed by atoms with Gasteiger partial charge in [-0.3, -0.25) is 0 Å². The first-order valence-corrected chi connectivity index (χ1v) is 7.49. The van der Waals surface area contributed by atoms with E-state index in [-0.39, 0.29) is 6.04 Å². The number of aromatic nitrogens is 4. The van der Waals surface area contributed by atoms with Crippen LogP contribution in [0.15, 0.2) is 6.07 Å². The molecule has 0 aromatic carbocycles. The highest BCUT2D eigenvalue weighted by Crippen LogP contribution is 2.28. The molecule has 0 fully saturated rings. The van der Waals surface area contributed by atoms with Crippen molar-refractivity contribution < 1.29 is 0 Å². The number of hydrogen-bond acceptors (Lipinski definition) is 5. The predicted molar refractivity (Wildman–Crippen MR) is 77.4 cm³/mol. The van der Waals surface area contributed by atoms with Crippen molar-refractivity contribution in [2.75, 3.05) is 6.54 Å². The lowest BCUT2D eigenvalue weighted by molar-refractivity contribution is 0.504. The minimum absolute atomic E-state index is 0.179. The summed E-state index contributed by atoms with van der Waals surface area (Å²) in [6.07, 6.45) is 1.11. The van der Waals surface area contributed by atoms with Gasteiger partial charge in [0, 0.05) is 9.75 Å². The van der Waals surface area contributed by atoms with Crippen molar-refractivity contribution in [1.82, 2.24) is 25.5 Å². The first-order valence-electron chi connectivity index (χ1n) is 6.67. The third-order valence-electron chi connectivity index (χ3n) is 3.17. The smallest absolute Gasteiger partial charge is 0.165 e. The predicted octanol–water partition coefficient (Wildman–Crippen LogP) is 2.46. The van der Waals surface area contributed by atoms with Crippen LogP contribution in [0.2, 0.25) is 0 Å². The molecule has 1 unspecified atom stereocenters. The van der Waals surface area contributed by atoms with Crippen LogP contribution < -0.4 is 5.32 Å². The van der Waals surface area contributed by atoms with Gasteiger partial charge in [0.25, 0.3) is 0 Å². The molecule has 0 amide bonds. The first-order chi connectivity index (χ1) is 9.13. The van der Waals surface area contributed by atoms with Gasteiger partial charge in [-0.1, -0.05) is 6.92 Å². The van der Waals surface area contributed by atoms with Crippen molar-refractivity contribution in [3.05, 3.63) is 27.2 Å². The Balaban J connectivity index is 2.17. The quantitative estimate of drug-likeness (QED) is 0.825. The van der Waals surface area contributed by atoms with Crippen LogP contribution in [0.4, 0.5) is 0 Å². The third kappa shape index (κ3) is 3.19.